The van der Waals surface area contributed by atoms with E-state index in [0.29, 0.717) is 12.1 Å². The summed E-state index contributed by atoms with van der Waals surface area (Å²) in [5.74, 6) is -0.672. The van der Waals surface area contributed by atoms with Crippen LogP contribution in [0.4, 0.5) is 5.69 Å². The number of benzene rings is 3. The monoisotopic (exact) mass is 577 g/mol. The van der Waals surface area contributed by atoms with Gasteiger partial charge in [0.15, 0.2) is 0 Å². The Morgan fingerprint density at radius 3 is 2.12 bits per heavy atom. The van der Waals surface area contributed by atoms with Crippen LogP contribution in [0.15, 0.2) is 78.9 Å². The van der Waals surface area contributed by atoms with E-state index in [1.807, 2.05) is 101 Å². The highest BCUT2D eigenvalue weighted by Crippen LogP contribution is 2.29. The zero-order chi connectivity index (χ0) is 30.2. The van der Waals surface area contributed by atoms with Gasteiger partial charge in [-0.1, -0.05) is 99.1 Å². The van der Waals surface area contributed by atoms with Gasteiger partial charge in [0.05, 0.1) is 11.9 Å². The molecule has 0 saturated heterocycles. The van der Waals surface area contributed by atoms with Crippen molar-refractivity contribution in [3.8, 4) is 0 Å². The second kappa shape index (κ2) is 14.3. The molecule has 3 aromatic carbocycles. The molecule has 0 spiro atoms. The maximum absolute atomic E-state index is 14.3. The minimum atomic E-state index is -3.82. The fourth-order valence-electron chi connectivity index (χ4n) is 4.80. The number of nitrogens with one attached hydrogen (secondary N) is 1. The Bertz CT molecular complexity index is 1420. The first-order chi connectivity index (χ1) is 19.4. The van der Waals surface area contributed by atoms with Gasteiger partial charge in [0.2, 0.25) is 21.8 Å². The molecule has 0 aliphatic rings. The molecule has 0 aromatic heterocycles. The lowest BCUT2D eigenvalue weighted by Crippen LogP contribution is -2.54. The molecule has 0 fully saturated rings. The summed E-state index contributed by atoms with van der Waals surface area (Å²) in [6.07, 6.45) is 2.14. The molecule has 0 radical (unpaired) electrons. The Morgan fingerprint density at radius 2 is 1.51 bits per heavy atom. The van der Waals surface area contributed by atoms with Crippen LogP contribution < -0.4 is 9.62 Å². The Morgan fingerprint density at radius 1 is 0.878 bits per heavy atom. The van der Waals surface area contributed by atoms with Gasteiger partial charge in [0.25, 0.3) is 0 Å². The minimum absolute atomic E-state index is 0.0427. The molecule has 3 rings (SSSR count). The number of carbonyl (C=O) groups excluding carboxylic acids is 2. The molecule has 2 atom stereocenters. The van der Waals surface area contributed by atoms with Gasteiger partial charge >= 0.3 is 0 Å². The van der Waals surface area contributed by atoms with Crippen LogP contribution >= 0.6 is 0 Å². The SMILES string of the molecule is CC[C@H](C)NC(=O)[C@H](Cc1ccccc1)N(Cc1cccc(C)c1)C(=O)CN(c1ccccc1C(C)C)S(C)(=O)=O. The van der Waals surface area contributed by atoms with Crippen molar-refractivity contribution in [3.05, 3.63) is 101 Å². The van der Waals surface area contributed by atoms with Gasteiger partial charge in [-0.3, -0.25) is 13.9 Å². The topological polar surface area (TPSA) is 86.8 Å². The first-order valence-electron chi connectivity index (χ1n) is 14.2. The van der Waals surface area contributed by atoms with Crippen LogP contribution in [0.25, 0.3) is 0 Å². The smallest absolute Gasteiger partial charge is 0.244 e. The van der Waals surface area contributed by atoms with Crippen molar-refractivity contribution in [2.24, 2.45) is 0 Å². The number of carbonyl (C=O) groups is 2. The molecular weight excluding hydrogens is 534 g/mol. The standard InChI is InChI=1S/C33H43N3O4S/c1-7-26(5)34-33(38)31(21-27-15-9-8-10-16-27)35(22-28-17-13-14-25(4)20-28)32(37)23-36(41(6,39)40)30-19-12-11-18-29(30)24(2)3/h8-20,24,26,31H,7,21-23H2,1-6H3,(H,34,38)/t26-,31-/m0/s1. The highest BCUT2D eigenvalue weighted by molar-refractivity contribution is 7.92. The molecule has 0 aliphatic heterocycles. The van der Waals surface area contributed by atoms with E-state index >= 15 is 0 Å². The molecule has 0 aliphatic carbocycles. The molecule has 1 N–H and O–H groups in total. The second-order valence-electron chi connectivity index (χ2n) is 11.0. The summed E-state index contributed by atoms with van der Waals surface area (Å²) in [6, 6.07) is 23.7. The van der Waals surface area contributed by atoms with E-state index in [2.05, 4.69) is 5.32 Å². The quantitative estimate of drug-likeness (QED) is 0.293. The third-order valence-electron chi connectivity index (χ3n) is 7.21. The van der Waals surface area contributed by atoms with Crippen LogP contribution in [0.2, 0.25) is 0 Å². The molecule has 41 heavy (non-hydrogen) atoms. The zero-order valence-corrected chi connectivity index (χ0v) is 25.8. The first kappa shape index (κ1) is 31.9. The summed E-state index contributed by atoms with van der Waals surface area (Å²) in [6.45, 7) is 9.61. The highest BCUT2D eigenvalue weighted by Gasteiger charge is 2.34. The maximum Gasteiger partial charge on any atom is 0.244 e. The number of sulfonamides is 1. The molecule has 0 bridgehead atoms. The van der Waals surface area contributed by atoms with Crippen LogP contribution in [-0.4, -0.2) is 50.0 Å². The Labute approximate surface area is 245 Å². The van der Waals surface area contributed by atoms with E-state index in [4.69, 9.17) is 0 Å². The van der Waals surface area contributed by atoms with Crippen molar-refractivity contribution in [3.63, 3.8) is 0 Å². The fourth-order valence-corrected chi connectivity index (χ4v) is 5.67. The van der Waals surface area contributed by atoms with Crippen molar-refractivity contribution < 1.29 is 18.0 Å². The molecule has 0 heterocycles. The van der Waals surface area contributed by atoms with Gasteiger partial charge in [-0.15, -0.1) is 0 Å². The van der Waals surface area contributed by atoms with Crippen LogP contribution in [-0.2, 0) is 32.6 Å². The number of anilines is 1. The van der Waals surface area contributed by atoms with Crippen molar-refractivity contribution >= 4 is 27.5 Å². The van der Waals surface area contributed by atoms with Gasteiger partial charge in [-0.25, -0.2) is 8.42 Å². The predicted octanol–water partition coefficient (Wildman–Crippen LogP) is 5.44. The van der Waals surface area contributed by atoms with Crippen LogP contribution in [0.1, 0.15) is 62.3 Å². The normalized spacial score (nSPS) is 13.0. The lowest BCUT2D eigenvalue weighted by atomic mass is 10.0. The van der Waals surface area contributed by atoms with Gasteiger partial charge in [0.1, 0.15) is 12.6 Å². The lowest BCUT2D eigenvalue weighted by Gasteiger charge is -2.34. The van der Waals surface area contributed by atoms with Gasteiger partial charge in [0, 0.05) is 19.0 Å². The summed E-state index contributed by atoms with van der Waals surface area (Å²) in [5.41, 5.74) is 4.09. The van der Waals surface area contributed by atoms with E-state index in [0.717, 1.165) is 34.9 Å². The number of nitrogens with zero attached hydrogens (tertiary/aromatic N) is 2. The van der Waals surface area contributed by atoms with Crippen LogP contribution in [0.5, 0.6) is 0 Å². The van der Waals surface area contributed by atoms with E-state index in [1.54, 1.807) is 12.1 Å². The lowest BCUT2D eigenvalue weighted by molar-refractivity contribution is -0.140. The zero-order valence-electron chi connectivity index (χ0n) is 25.0. The number of rotatable bonds is 13. The Kier molecular flexibility index (Phi) is 11.1. The minimum Gasteiger partial charge on any atom is -0.352 e. The number of hydrogen-bond acceptors (Lipinski definition) is 4. The largest absolute Gasteiger partial charge is 0.352 e. The maximum atomic E-state index is 14.3. The number of aryl methyl sites for hydroxylation is 1. The van der Waals surface area contributed by atoms with Crippen molar-refractivity contribution in [2.75, 3.05) is 17.1 Å². The Balaban J connectivity index is 2.10. The van der Waals surface area contributed by atoms with Crippen molar-refractivity contribution in [2.45, 2.75) is 72.0 Å². The molecule has 0 saturated carbocycles. The molecule has 220 valence electrons. The molecule has 7 nitrogen and oxygen atoms in total. The molecule has 8 heteroatoms. The summed E-state index contributed by atoms with van der Waals surface area (Å²) in [7, 11) is -3.82. The summed E-state index contributed by atoms with van der Waals surface area (Å²) >= 11 is 0. The average molecular weight is 578 g/mol. The second-order valence-corrected chi connectivity index (χ2v) is 12.9. The van der Waals surface area contributed by atoms with E-state index in [-0.39, 0.29) is 24.4 Å². The molecule has 0 unspecified atom stereocenters. The average Bonchev–Trinajstić information content (AvgIpc) is 2.93. The summed E-state index contributed by atoms with van der Waals surface area (Å²) in [4.78, 5) is 29.6. The third-order valence-corrected chi connectivity index (χ3v) is 8.34. The van der Waals surface area contributed by atoms with Gasteiger partial charge in [-0.2, -0.15) is 0 Å². The van der Waals surface area contributed by atoms with Crippen molar-refractivity contribution in [1.29, 1.82) is 0 Å². The Hall–Kier alpha value is -3.65. The summed E-state index contributed by atoms with van der Waals surface area (Å²) in [5, 5.41) is 3.06. The predicted molar refractivity (Wildman–Crippen MR) is 166 cm³/mol. The molecule has 2 amide bonds. The first-order valence-corrected chi connectivity index (χ1v) is 16.0. The molecular formula is C33H43N3O4S. The number of amides is 2. The number of hydrogen-bond donors (Lipinski definition) is 1. The highest BCUT2D eigenvalue weighted by atomic mass is 32.2. The molecule has 3 aromatic rings. The van der Waals surface area contributed by atoms with Crippen LogP contribution in [0.3, 0.4) is 0 Å². The van der Waals surface area contributed by atoms with Gasteiger partial charge in [-0.05, 0) is 48.9 Å². The van der Waals surface area contributed by atoms with Gasteiger partial charge < -0.3 is 10.2 Å². The number of para-hydroxylation sites is 1. The van der Waals surface area contributed by atoms with E-state index in [9.17, 15) is 18.0 Å². The van der Waals surface area contributed by atoms with Crippen molar-refractivity contribution in [1.82, 2.24) is 10.2 Å². The van der Waals surface area contributed by atoms with Crippen LogP contribution in [0, 0.1) is 6.92 Å². The summed E-state index contributed by atoms with van der Waals surface area (Å²) < 4.78 is 27.4. The fraction of sp³-hybridized carbons (Fsp3) is 0.394. The third kappa shape index (κ3) is 8.92. The van der Waals surface area contributed by atoms with E-state index < -0.39 is 28.5 Å². The van der Waals surface area contributed by atoms with E-state index in [1.165, 1.54) is 9.21 Å².